The Labute approximate surface area is 323 Å². The Morgan fingerprint density at radius 1 is 0.365 bits per heavy atom. The standard InChI is InChI=1S/C46H88O6/c1-5-7-9-11-13-14-15-19-22-26-29-33-37-44(47)50-40-43(52-46(49)39-35-31-24-12-10-8-6-2)41-51-45(48)38-34-30-27-23-20-17-16-18-21-25-28-32-36-42(3)4/h42-43H,5-41H2,1-4H3/t43-/m0/s1. The average Bonchev–Trinajstić information content (AvgIpc) is 3.12. The second-order valence-corrected chi connectivity index (χ2v) is 16.2. The molecule has 0 fully saturated rings. The summed E-state index contributed by atoms with van der Waals surface area (Å²) in [4.78, 5) is 37.6. The number of rotatable bonds is 41. The number of unbranched alkanes of at least 4 members (excludes halogenated alkanes) is 28. The number of ether oxygens (including phenoxy) is 3. The van der Waals surface area contributed by atoms with Crippen molar-refractivity contribution in [2.45, 2.75) is 259 Å². The molecule has 6 heteroatoms. The van der Waals surface area contributed by atoms with Gasteiger partial charge in [0.15, 0.2) is 6.10 Å². The first kappa shape index (κ1) is 50.4. The Morgan fingerprint density at radius 2 is 0.635 bits per heavy atom. The predicted octanol–water partition coefficient (Wildman–Crippen LogP) is 14.3. The summed E-state index contributed by atoms with van der Waals surface area (Å²) in [5, 5.41) is 0. The van der Waals surface area contributed by atoms with Gasteiger partial charge in [0.1, 0.15) is 13.2 Å². The van der Waals surface area contributed by atoms with E-state index >= 15 is 0 Å². The van der Waals surface area contributed by atoms with Crippen molar-refractivity contribution in [1.29, 1.82) is 0 Å². The SMILES string of the molecule is CCCCCCCCCCCCCCC(=O)OC[C@@H](COC(=O)CCCCCCCCCCCCCCC(C)C)OC(=O)CCCCCCCCC. The summed E-state index contributed by atoms with van der Waals surface area (Å²) in [6, 6.07) is 0. The highest BCUT2D eigenvalue weighted by Gasteiger charge is 2.19. The van der Waals surface area contributed by atoms with Gasteiger partial charge in [-0.3, -0.25) is 14.4 Å². The van der Waals surface area contributed by atoms with Crippen molar-refractivity contribution in [2.24, 2.45) is 5.92 Å². The molecule has 0 aliphatic heterocycles. The molecule has 0 heterocycles. The lowest BCUT2D eigenvalue weighted by Crippen LogP contribution is -2.30. The van der Waals surface area contributed by atoms with Crippen LogP contribution in [0.2, 0.25) is 0 Å². The van der Waals surface area contributed by atoms with Crippen LogP contribution in [0.25, 0.3) is 0 Å². The maximum absolute atomic E-state index is 12.6. The molecule has 0 spiro atoms. The van der Waals surface area contributed by atoms with Gasteiger partial charge in [-0.05, 0) is 25.2 Å². The zero-order valence-corrected chi connectivity index (χ0v) is 35.3. The van der Waals surface area contributed by atoms with Gasteiger partial charge in [-0.2, -0.15) is 0 Å². The third-order valence-corrected chi connectivity index (χ3v) is 10.3. The van der Waals surface area contributed by atoms with E-state index in [9.17, 15) is 14.4 Å². The van der Waals surface area contributed by atoms with Crippen LogP contribution in [0.5, 0.6) is 0 Å². The molecule has 0 aromatic heterocycles. The van der Waals surface area contributed by atoms with Gasteiger partial charge < -0.3 is 14.2 Å². The normalized spacial score (nSPS) is 11.9. The first-order chi connectivity index (χ1) is 25.4. The van der Waals surface area contributed by atoms with Gasteiger partial charge in [0.05, 0.1) is 0 Å². The van der Waals surface area contributed by atoms with E-state index in [1.54, 1.807) is 0 Å². The van der Waals surface area contributed by atoms with Gasteiger partial charge in [0, 0.05) is 19.3 Å². The zero-order valence-electron chi connectivity index (χ0n) is 35.3. The number of esters is 3. The van der Waals surface area contributed by atoms with Crippen LogP contribution in [0.1, 0.15) is 252 Å². The van der Waals surface area contributed by atoms with Crippen molar-refractivity contribution in [2.75, 3.05) is 13.2 Å². The number of hydrogen-bond acceptors (Lipinski definition) is 6. The minimum atomic E-state index is -0.757. The minimum Gasteiger partial charge on any atom is -0.462 e. The molecule has 1 atom stereocenters. The van der Waals surface area contributed by atoms with Crippen LogP contribution in [-0.2, 0) is 28.6 Å². The lowest BCUT2D eigenvalue weighted by Gasteiger charge is -2.18. The lowest BCUT2D eigenvalue weighted by atomic mass is 10.0. The summed E-state index contributed by atoms with van der Waals surface area (Å²) in [5.74, 6) is -0.0263. The summed E-state index contributed by atoms with van der Waals surface area (Å²) in [6.07, 6.45) is 39.5. The van der Waals surface area contributed by atoms with E-state index in [1.165, 1.54) is 148 Å². The van der Waals surface area contributed by atoms with Crippen molar-refractivity contribution in [3.8, 4) is 0 Å². The van der Waals surface area contributed by atoms with Crippen molar-refractivity contribution < 1.29 is 28.6 Å². The number of carbonyl (C=O) groups is 3. The molecule has 0 saturated carbocycles. The second-order valence-electron chi connectivity index (χ2n) is 16.2. The molecule has 52 heavy (non-hydrogen) atoms. The Kier molecular flexibility index (Phi) is 39.4. The van der Waals surface area contributed by atoms with E-state index < -0.39 is 6.10 Å². The van der Waals surface area contributed by atoms with Gasteiger partial charge in [0.25, 0.3) is 0 Å². The monoisotopic (exact) mass is 737 g/mol. The van der Waals surface area contributed by atoms with Crippen LogP contribution in [0.3, 0.4) is 0 Å². The van der Waals surface area contributed by atoms with E-state index in [1.807, 2.05) is 0 Å². The fourth-order valence-corrected chi connectivity index (χ4v) is 6.80. The molecule has 0 aromatic rings. The molecule has 0 rings (SSSR count). The third-order valence-electron chi connectivity index (χ3n) is 10.3. The molecule has 0 aliphatic carbocycles. The summed E-state index contributed by atoms with van der Waals surface area (Å²) in [6.45, 7) is 8.96. The first-order valence-electron chi connectivity index (χ1n) is 22.9. The van der Waals surface area contributed by atoms with Crippen molar-refractivity contribution in [3.05, 3.63) is 0 Å². The Bertz CT molecular complexity index is 781. The molecule has 0 aliphatic rings. The zero-order chi connectivity index (χ0) is 38.2. The lowest BCUT2D eigenvalue weighted by molar-refractivity contribution is -0.167. The molecule has 0 N–H and O–H groups in total. The van der Waals surface area contributed by atoms with Crippen LogP contribution < -0.4 is 0 Å². The highest BCUT2D eigenvalue weighted by atomic mass is 16.6. The van der Waals surface area contributed by atoms with Gasteiger partial charge in [0.2, 0.25) is 0 Å². The van der Waals surface area contributed by atoms with Gasteiger partial charge in [-0.1, -0.05) is 214 Å². The Balaban J connectivity index is 4.22. The average molecular weight is 737 g/mol. The largest absolute Gasteiger partial charge is 0.462 e. The van der Waals surface area contributed by atoms with E-state index in [2.05, 4.69) is 27.7 Å². The maximum Gasteiger partial charge on any atom is 0.306 e. The first-order valence-corrected chi connectivity index (χ1v) is 22.9. The maximum atomic E-state index is 12.6. The van der Waals surface area contributed by atoms with Crippen LogP contribution in [-0.4, -0.2) is 37.2 Å². The fourth-order valence-electron chi connectivity index (χ4n) is 6.80. The van der Waals surface area contributed by atoms with Crippen molar-refractivity contribution in [3.63, 3.8) is 0 Å². The molecule has 0 bridgehead atoms. The fraction of sp³-hybridized carbons (Fsp3) is 0.935. The highest BCUT2D eigenvalue weighted by Crippen LogP contribution is 2.16. The van der Waals surface area contributed by atoms with Gasteiger partial charge >= 0.3 is 17.9 Å². The Hall–Kier alpha value is -1.59. The van der Waals surface area contributed by atoms with Crippen LogP contribution >= 0.6 is 0 Å². The molecule has 0 saturated heterocycles. The number of carbonyl (C=O) groups excluding carboxylic acids is 3. The van der Waals surface area contributed by atoms with Gasteiger partial charge in [-0.15, -0.1) is 0 Å². The smallest absolute Gasteiger partial charge is 0.306 e. The summed E-state index contributed by atoms with van der Waals surface area (Å²) in [5.41, 5.74) is 0. The molecular weight excluding hydrogens is 649 g/mol. The second kappa shape index (κ2) is 40.6. The van der Waals surface area contributed by atoms with E-state index in [-0.39, 0.29) is 31.1 Å². The molecule has 6 nitrogen and oxygen atoms in total. The molecule has 0 aromatic carbocycles. The third kappa shape index (κ3) is 39.6. The van der Waals surface area contributed by atoms with Gasteiger partial charge in [-0.25, -0.2) is 0 Å². The molecule has 0 amide bonds. The van der Waals surface area contributed by atoms with E-state index in [4.69, 9.17) is 14.2 Å². The highest BCUT2D eigenvalue weighted by molar-refractivity contribution is 5.71. The molecule has 308 valence electrons. The van der Waals surface area contributed by atoms with Crippen LogP contribution in [0.15, 0.2) is 0 Å². The van der Waals surface area contributed by atoms with Crippen molar-refractivity contribution >= 4 is 17.9 Å². The van der Waals surface area contributed by atoms with E-state index in [0.717, 1.165) is 63.7 Å². The predicted molar refractivity (Wildman–Crippen MR) is 220 cm³/mol. The van der Waals surface area contributed by atoms with E-state index in [0.29, 0.717) is 19.3 Å². The topological polar surface area (TPSA) is 78.9 Å². The molecule has 0 unspecified atom stereocenters. The van der Waals surface area contributed by atoms with Crippen LogP contribution in [0, 0.1) is 5.92 Å². The summed E-state index contributed by atoms with van der Waals surface area (Å²) < 4.78 is 16.7. The molecular formula is C46H88O6. The number of hydrogen-bond donors (Lipinski definition) is 0. The summed E-state index contributed by atoms with van der Waals surface area (Å²) >= 11 is 0. The van der Waals surface area contributed by atoms with Crippen molar-refractivity contribution in [1.82, 2.24) is 0 Å². The van der Waals surface area contributed by atoms with Crippen LogP contribution in [0.4, 0.5) is 0 Å². The summed E-state index contributed by atoms with van der Waals surface area (Å²) in [7, 11) is 0. The Morgan fingerprint density at radius 3 is 0.942 bits per heavy atom. The quantitative estimate of drug-likeness (QED) is 0.0353. The molecule has 0 radical (unpaired) electrons. The minimum absolute atomic E-state index is 0.0642.